The van der Waals surface area contributed by atoms with Gasteiger partial charge >= 0.3 is 0 Å². The van der Waals surface area contributed by atoms with Crippen molar-refractivity contribution < 1.29 is 4.74 Å². The maximum Gasteiger partial charge on any atom is 0.184 e. The van der Waals surface area contributed by atoms with Crippen LogP contribution < -0.4 is 0 Å². The average molecular weight is 261 g/mol. The molecule has 2 heterocycles. The molecule has 1 aromatic carbocycles. The van der Waals surface area contributed by atoms with Gasteiger partial charge in [0.05, 0.1) is 0 Å². The lowest BCUT2D eigenvalue weighted by molar-refractivity contribution is 0.311. The van der Waals surface area contributed by atoms with Crippen molar-refractivity contribution in [3.05, 3.63) is 35.9 Å². The molecule has 96 valence electrons. The van der Waals surface area contributed by atoms with Crippen molar-refractivity contribution >= 4 is 13.8 Å². The van der Waals surface area contributed by atoms with Gasteiger partial charge in [-0.05, 0) is 36.9 Å². The van der Waals surface area contributed by atoms with Crippen LogP contribution in [0.25, 0.3) is 0 Å². The second-order valence-electron chi connectivity index (χ2n) is 5.24. The van der Waals surface area contributed by atoms with E-state index in [1.807, 2.05) is 6.07 Å². The summed E-state index contributed by atoms with van der Waals surface area (Å²) >= 11 is 0. The van der Waals surface area contributed by atoms with Crippen molar-refractivity contribution in [2.75, 3.05) is 19.4 Å². The molecule has 2 nitrogen and oxygen atoms in total. The summed E-state index contributed by atoms with van der Waals surface area (Å²) in [5, 5.41) is 0. The lowest BCUT2D eigenvalue weighted by atomic mass is 10.1. The summed E-state index contributed by atoms with van der Waals surface area (Å²) in [6.45, 7) is 3.16. The zero-order chi connectivity index (χ0) is 12.4. The summed E-state index contributed by atoms with van der Waals surface area (Å²) in [4.78, 5) is 4.76. The first-order chi connectivity index (χ1) is 8.83. The highest BCUT2D eigenvalue weighted by atomic mass is 31.1. The number of ether oxygens (including phenoxy) is 1. The first-order valence-corrected chi connectivity index (χ1v) is 8.82. The van der Waals surface area contributed by atoms with Gasteiger partial charge in [0.25, 0.3) is 0 Å². The predicted octanol–water partition coefficient (Wildman–Crippen LogP) is 3.82. The number of nitrogens with zero attached hydrogens (tertiary/aromatic N) is 1. The molecule has 3 rings (SSSR count). The van der Waals surface area contributed by atoms with E-state index in [1.165, 1.54) is 24.6 Å². The second kappa shape index (κ2) is 5.40. The first-order valence-electron chi connectivity index (χ1n) is 6.77. The van der Waals surface area contributed by atoms with Crippen molar-refractivity contribution in [3.8, 4) is 0 Å². The molecule has 2 aliphatic rings. The quantitative estimate of drug-likeness (QED) is 0.758. The number of hydrogen-bond acceptors (Lipinski definition) is 2. The van der Waals surface area contributed by atoms with Gasteiger partial charge in [0.2, 0.25) is 0 Å². The summed E-state index contributed by atoms with van der Waals surface area (Å²) in [6.07, 6.45) is 5.30. The number of rotatable bonds is 3. The van der Waals surface area contributed by atoms with E-state index >= 15 is 0 Å². The summed E-state index contributed by atoms with van der Waals surface area (Å²) in [6, 6.07) is 10.7. The van der Waals surface area contributed by atoms with E-state index in [0.29, 0.717) is 0 Å². The zero-order valence-electron chi connectivity index (χ0n) is 10.9. The molecule has 1 saturated heterocycles. The van der Waals surface area contributed by atoms with Gasteiger partial charge in [0.1, 0.15) is 12.6 Å². The van der Waals surface area contributed by atoms with E-state index in [0.717, 1.165) is 24.6 Å². The van der Waals surface area contributed by atoms with Crippen LogP contribution in [-0.4, -0.2) is 31.0 Å². The summed E-state index contributed by atoms with van der Waals surface area (Å²) in [7, 11) is 0.226. The third kappa shape index (κ3) is 2.59. The predicted molar refractivity (Wildman–Crippen MR) is 77.9 cm³/mol. The minimum atomic E-state index is 0.226. The van der Waals surface area contributed by atoms with Crippen LogP contribution in [0, 0.1) is 0 Å². The normalized spacial score (nSPS) is 31.2. The largest absolute Gasteiger partial charge is 0.478 e. The minimum absolute atomic E-state index is 0.226. The van der Waals surface area contributed by atoms with Crippen LogP contribution in [0.2, 0.25) is 0 Å². The molecule has 0 aliphatic carbocycles. The molecule has 18 heavy (non-hydrogen) atoms. The Hall–Kier alpha value is -0.880. The maximum atomic E-state index is 5.79. The van der Waals surface area contributed by atoms with Crippen molar-refractivity contribution in [2.45, 2.75) is 31.0 Å². The Bertz CT molecular complexity index is 431. The van der Waals surface area contributed by atoms with Crippen LogP contribution in [0.5, 0.6) is 0 Å². The molecule has 0 N–H and O–H groups in total. The Morgan fingerprint density at radius 2 is 2.17 bits per heavy atom. The Balaban J connectivity index is 1.65. The average Bonchev–Trinajstić information content (AvgIpc) is 3.02. The second-order valence-corrected chi connectivity index (χ2v) is 7.93. The van der Waals surface area contributed by atoms with Gasteiger partial charge in [-0.2, -0.15) is 0 Å². The lowest BCUT2D eigenvalue weighted by Gasteiger charge is -2.14. The Kier molecular flexibility index (Phi) is 3.65. The van der Waals surface area contributed by atoms with Crippen LogP contribution in [0.15, 0.2) is 35.3 Å². The van der Waals surface area contributed by atoms with Gasteiger partial charge in [-0.25, -0.2) is 4.99 Å². The molecule has 1 aromatic rings. The van der Waals surface area contributed by atoms with E-state index in [-0.39, 0.29) is 14.0 Å². The molecular formula is C15H20NOP. The monoisotopic (exact) mass is 261 g/mol. The summed E-state index contributed by atoms with van der Waals surface area (Å²) < 4.78 is 5.79. The molecule has 0 saturated carbocycles. The lowest BCUT2D eigenvalue weighted by Crippen LogP contribution is -2.09. The highest BCUT2D eigenvalue weighted by Gasteiger charge is 2.28. The van der Waals surface area contributed by atoms with Gasteiger partial charge in [-0.1, -0.05) is 30.3 Å². The maximum absolute atomic E-state index is 5.79. The third-order valence-electron chi connectivity index (χ3n) is 3.97. The highest BCUT2D eigenvalue weighted by Crippen LogP contribution is 2.48. The molecule has 2 aliphatic heterocycles. The third-order valence-corrected chi connectivity index (χ3v) is 6.68. The number of benzene rings is 1. The Morgan fingerprint density at radius 1 is 1.33 bits per heavy atom. The van der Waals surface area contributed by atoms with Crippen molar-refractivity contribution in [1.29, 1.82) is 0 Å². The zero-order valence-corrected chi connectivity index (χ0v) is 11.8. The smallest absolute Gasteiger partial charge is 0.184 e. The van der Waals surface area contributed by atoms with E-state index in [9.17, 15) is 0 Å². The fourth-order valence-electron chi connectivity index (χ4n) is 2.82. The van der Waals surface area contributed by atoms with E-state index in [1.54, 1.807) is 0 Å². The highest BCUT2D eigenvalue weighted by molar-refractivity contribution is 7.57. The molecule has 0 amide bonds. The minimum Gasteiger partial charge on any atom is -0.478 e. The van der Waals surface area contributed by atoms with Crippen molar-refractivity contribution in [2.24, 2.45) is 4.99 Å². The van der Waals surface area contributed by atoms with E-state index < -0.39 is 0 Å². The molecule has 0 aromatic heterocycles. The van der Waals surface area contributed by atoms with Gasteiger partial charge in [0, 0.05) is 6.42 Å². The van der Waals surface area contributed by atoms with E-state index in [4.69, 9.17) is 9.73 Å². The topological polar surface area (TPSA) is 21.6 Å². The standard InChI is InChI=1S/C15H20NOP/c1-18-9-5-8-13(18)10-15-16-14(11-17-15)12-6-3-2-4-7-12/h2-4,6-7,13-14H,5,8-11H2,1H3/t13-,14-,18+/m1/s1. The SMILES string of the molecule is C[P@@]1CCC[C@@H]1CC1=N[C@@H](c2ccccc2)CO1. The van der Waals surface area contributed by atoms with Gasteiger partial charge in [-0.15, -0.1) is 7.92 Å². The molecule has 3 atom stereocenters. The molecule has 0 radical (unpaired) electrons. The number of hydrogen-bond donors (Lipinski definition) is 0. The molecule has 0 spiro atoms. The van der Waals surface area contributed by atoms with Crippen LogP contribution in [-0.2, 0) is 4.74 Å². The van der Waals surface area contributed by atoms with Crippen LogP contribution >= 0.6 is 7.92 Å². The molecule has 0 unspecified atom stereocenters. The first kappa shape index (κ1) is 12.2. The van der Waals surface area contributed by atoms with Gasteiger partial charge in [0.15, 0.2) is 5.90 Å². The van der Waals surface area contributed by atoms with Crippen molar-refractivity contribution in [3.63, 3.8) is 0 Å². The summed E-state index contributed by atoms with van der Waals surface area (Å²) in [5.74, 6) is 1.00. The van der Waals surface area contributed by atoms with Crippen molar-refractivity contribution in [1.82, 2.24) is 0 Å². The van der Waals surface area contributed by atoms with E-state index in [2.05, 4.69) is 30.9 Å². The fraction of sp³-hybridized carbons (Fsp3) is 0.533. The van der Waals surface area contributed by atoms with Gasteiger partial charge in [-0.3, -0.25) is 0 Å². The summed E-state index contributed by atoms with van der Waals surface area (Å²) in [5.41, 5.74) is 2.13. The molecule has 3 heteroatoms. The van der Waals surface area contributed by atoms with Crippen LogP contribution in [0.1, 0.15) is 30.9 Å². The number of aliphatic imine (C=N–C) groups is 1. The molecule has 0 bridgehead atoms. The Labute approximate surface area is 110 Å². The van der Waals surface area contributed by atoms with Crippen LogP contribution in [0.3, 0.4) is 0 Å². The fourth-order valence-corrected chi connectivity index (χ4v) is 4.96. The van der Waals surface area contributed by atoms with Crippen LogP contribution in [0.4, 0.5) is 0 Å². The molecule has 1 fully saturated rings. The Morgan fingerprint density at radius 3 is 2.89 bits per heavy atom. The molecular weight excluding hydrogens is 241 g/mol. The van der Waals surface area contributed by atoms with Gasteiger partial charge < -0.3 is 4.74 Å².